The fourth-order valence-corrected chi connectivity index (χ4v) is 3.34. The maximum Gasteiger partial charge on any atom is 0.254 e. The third-order valence-electron chi connectivity index (χ3n) is 4.49. The van der Waals surface area contributed by atoms with Gasteiger partial charge in [0.2, 0.25) is 5.91 Å². The van der Waals surface area contributed by atoms with Crippen LogP contribution in [0.1, 0.15) is 28.3 Å². The molecule has 2 aromatic rings. The van der Waals surface area contributed by atoms with E-state index in [2.05, 4.69) is 0 Å². The van der Waals surface area contributed by atoms with Crippen LogP contribution in [-0.2, 0) is 4.79 Å². The molecule has 1 heterocycles. The van der Waals surface area contributed by atoms with Crippen molar-refractivity contribution in [2.45, 2.75) is 18.4 Å². The van der Waals surface area contributed by atoms with Gasteiger partial charge in [0.15, 0.2) is 0 Å². The van der Waals surface area contributed by atoms with Gasteiger partial charge in [0.05, 0.1) is 7.11 Å². The molecule has 1 fully saturated rings. The number of carbonyl (C=O) groups is 2. The summed E-state index contributed by atoms with van der Waals surface area (Å²) in [6.07, 6.45) is 0.694. The molecule has 0 radical (unpaired) electrons. The summed E-state index contributed by atoms with van der Waals surface area (Å²) in [5, 5.41) is 0. The Balaban J connectivity index is 1.91. The second-order valence-electron chi connectivity index (χ2n) is 5.88. The summed E-state index contributed by atoms with van der Waals surface area (Å²) in [5.41, 5.74) is 7.16. The molecule has 0 unspecified atom stereocenters. The number of hydrogen-bond acceptors (Lipinski definition) is 3. The van der Waals surface area contributed by atoms with Crippen LogP contribution >= 0.6 is 0 Å². The molecule has 0 aliphatic carbocycles. The van der Waals surface area contributed by atoms with E-state index in [1.165, 1.54) is 0 Å². The number of likely N-dealkylation sites (tertiary alicyclic amines) is 1. The molecule has 1 saturated heterocycles. The van der Waals surface area contributed by atoms with E-state index in [1.54, 1.807) is 24.1 Å². The van der Waals surface area contributed by atoms with E-state index in [-0.39, 0.29) is 11.8 Å². The molecule has 2 atom stereocenters. The van der Waals surface area contributed by atoms with Crippen molar-refractivity contribution < 1.29 is 14.3 Å². The van der Waals surface area contributed by atoms with E-state index in [9.17, 15) is 9.59 Å². The molecule has 2 N–H and O–H groups in total. The van der Waals surface area contributed by atoms with Crippen LogP contribution in [0.25, 0.3) is 0 Å². The zero-order valence-corrected chi connectivity index (χ0v) is 13.5. The third kappa shape index (κ3) is 2.97. The highest BCUT2D eigenvalue weighted by Crippen LogP contribution is 2.35. The van der Waals surface area contributed by atoms with Gasteiger partial charge in [0.25, 0.3) is 5.91 Å². The average molecular weight is 324 g/mol. The highest BCUT2D eigenvalue weighted by molar-refractivity contribution is 5.98. The lowest BCUT2D eigenvalue weighted by atomic mass is 9.91. The Labute approximate surface area is 141 Å². The minimum atomic E-state index is -0.648. The maximum absolute atomic E-state index is 12.8. The van der Waals surface area contributed by atoms with Crippen molar-refractivity contribution >= 4 is 11.8 Å². The molecular weight excluding hydrogens is 304 g/mol. The minimum absolute atomic E-state index is 0.120. The fraction of sp³-hybridized carbons (Fsp3) is 0.263. The number of nitrogens with zero attached hydrogens (tertiary/aromatic N) is 1. The molecule has 5 heteroatoms. The number of ether oxygens (including phenoxy) is 1. The zero-order valence-electron chi connectivity index (χ0n) is 13.5. The predicted molar refractivity (Wildman–Crippen MR) is 90.8 cm³/mol. The van der Waals surface area contributed by atoms with Crippen LogP contribution in [0.15, 0.2) is 54.6 Å². The summed E-state index contributed by atoms with van der Waals surface area (Å²) in [6.45, 7) is 0.503. The lowest BCUT2D eigenvalue weighted by Gasteiger charge is -2.26. The van der Waals surface area contributed by atoms with Crippen molar-refractivity contribution in [2.75, 3.05) is 13.7 Å². The quantitative estimate of drug-likeness (QED) is 0.937. The van der Waals surface area contributed by atoms with Gasteiger partial charge in [-0.2, -0.15) is 0 Å². The maximum atomic E-state index is 12.8. The predicted octanol–water partition coefficient (Wildman–Crippen LogP) is 2.18. The number of benzene rings is 2. The van der Waals surface area contributed by atoms with Gasteiger partial charge in [-0.15, -0.1) is 0 Å². The van der Waals surface area contributed by atoms with Crippen LogP contribution in [0.4, 0.5) is 0 Å². The van der Waals surface area contributed by atoms with E-state index >= 15 is 0 Å². The Morgan fingerprint density at radius 1 is 1.12 bits per heavy atom. The van der Waals surface area contributed by atoms with Gasteiger partial charge in [0.1, 0.15) is 11.8 Å². The second-order valence-corrected chi connectivity index (χ2v) is 5.88. The highest BCUT2D eigenvalue weighted by atomic mass is 16.5. The van der Waals surface area contributed by atoms with Crippen molar-refractivity contribution in [3.63, 3.8) is 0 Å². The summed E-state index contributed by atoms with van der Waals surface area (Å²) in [4.78, 5) is 26.4. The van der Waals surface area contributed by atoms with Gasteiger partial charge in [-0.05, 0) is 36.2 Å². The Hall–Kier alpha value is -2.82. The first-order valence-corrected chi connectivity index (χ1v) is 7.91. The fourth-order valence-electron chi connectivity index (χ4n) is 3.34. The number of carbonyl (C=O) groups excluding carboxylic acids is 2. The largest absolute Gasteiger partial charge is 0.497 e. The van der Waals surface area contributed by atoms with Crippen LogP contribution in [0.3, 0.4) is 0 Å². The summed E-state index contributed by atoms with van der Waals surface area (Å²) < 4.78 is 5.26. The third-order valence-corrected chi connectivity index (χ3v) is 4.49. The minimum Gasteiger partial charge on any atom is -0.497 e. The lowest BCUT2D eigenvalue weighted by Crippen LogP contribution is -2.46. The molecular formula is C19H20N2O3. The topological polar surface area (TPSA) is 72.6 Å². The number of nitrogens with two attached hydrogens (primary N) is 1. The molecule has 0 aromatic heterocycles. The van der Waals surface area contributed by atoms with Crippen molar-refractivity contribution in [2.24, 2.45) is 5.73 Å². The SMILES string of the molecule is COc1cccc([C@@H]2CCN(C(=O)c3ccccc3)[C@@H]2C(N)=O)c1. The standard InChI is InChI=1S/C19H20N2O3/c1-24-15-9-5-8-14(12-15)16-10-11-21(17(16)18(20)22)19(23)13-6-3-2-4-7-13/h2-9,12,16-17H,10-11H2,1H3,(H2,20,22)/t16-,17-/m0/s1. The average Bonchev–Trinajstić information content (AvgIpc) is 3.07. The summed E-state index contributed by atoms with van der Waals surface area (Å²) in [7, 11) is 1.60. The first-order chi connectivity index (χ1) is 11.6. The molecule has 5 nitrogen and oxygen atoms in total. The molecule has 124 valence electrons. The van der Waals surface area contributed by atoms with E-state index in [0.29, 0.717) is 18.5 Å². The lowest BCUT2D eigenvalue weighted by molar-refractivity contribution is -0.122. The molecule has 3 rings (SSSR count). The van der Waals surface area contributed by atoms with Crippen molar-refractivity contribution in [1.29, 1.82) is 0 Å². The van der Waals surface area contributed by atoms with Crippen LogP contribution in [0.2, 0.25) is 0 Å². The Morgan fingerprint density at radius 2 is 1.88 bits per heavy atom. The number of rotatable bonds is 4. The number of methoxy groups -OCH3 is 1. The van der Waals surface area contributed by atoms with Crippen LogP contribution < -0.4 is 10.5 Å². The Bertz CT molecular complexity index is 745. The van der Waals surface area contributed by atoms with E-state index in [0.717, 1.165) is 11.3 Å². The van der Waals surface area contributed by atoms with E-state index < -0.39 is 11.9 Å². The van der Waals surface area contributed by atoms with Crippen LogP contribution in [-0.4, -0.2) is 36.4 Å². The van der Waals surface area contributed by atoms with Gasteiger partial charge in [-0.3, -0.25) is 9.59 Å². The molecule has 0 spiro atoms. The van der Waals surface area contributed by atoms with Gasteiger partial charge in [0, 0.05) is 18.0 Å². The van der Waals surface area contributed by atoms with Crippen LogP contribution in [0.5, 0.6) is 5.75 Å². The second kappa shape index (κ2) is 6.74. The molecule has 2 amide bonds. The molecule has 2 aromatic carbocycles. The summed E-state index contributed by atoms with van der Waals surface area (Å²) >= 11 is 0. The van der Waals surface area contributed by atoms with E-state index in [1.807, 2.05) is 42.5 Å². The normalized spacial score (nSPS) is 20.0. The van der Waals surface area contributed by atoms with Gasteiger partial charge in [-0.25, -0.2) is 0 Å². The first kappa shape index (κ1) is 16.1. The smallest absolute Gasteiger partial charge is 0.254 e. The van der Waals surface area contributed by atoms with Crippen LogP contribution in [0, 0.1) is 0 Å². The molecule has 0 saturated carbocycles. The Kier molecular flexibility index (Phi) is 4.51. The van der Waals surface area contributed by atoms with E-state index in [4.69, 9.17) is 10.5 Å². The highest BCUT2D eigenvalue weighted by Gasteiger charge is 2.41. The molecule has 24 heavy (non-hydrogen) atoms. The summed E-state index contributed by atoms with van der Waals surface area (Å²) in [6, 6.07) is 15.9. The molecule has 0 bridgehead atoms. The first-order valence-electron chi connectivity index (χ1n) is 7.91. The van der Waals surface area contributed by atoms with Crippen molar-refractivity contribution in [3.05, 3.63) is 65.7 Å². The van der Waals surface area contributed by atoms with Gasteiger partial charge >= 0.3 is 0 Å². The Morgan fingerprint density at radius 3 is 2.54 bits per heavy atom. The molecule has 1 aliphatic heterocycles. The monoisotopic (exact) mass is 324 g/mol. The zero-order chi connectivity index (χ0) is 17.1. The summed E-state index contributed by atoms with van der Waals surface area (Å²) in [5.74, 6) is -0.0387. The van der Waals surface area contributed by atoms with Crippen molar-refractivity contribution in [3.8, 4) is 5.75 Å². The van der Waals surface area contributed by atoms with Gasteiger partial charge in [-0.1, -0.05) is 30.3 Å². The number of hydrogen-bond donors (Lipinski definition) is 1. The van der Waals surface area contributed by atoms with Gasteiger partial charge < -0.3 is 15.4 Å². The number of amides is 2. The van der Waals surface area contributed by atoms with Crippen molar-refractivity contribution in [1.82, 2.24) is 4.90 Å². The number of primary amides is 1. The molecule has 1 aliphatic rings.